The van der Waals surface area contributed by atoms with Crippen LogP contribution in [0.1, 0.15) is 59.6 Å². The second-order valence-electron chi connectivity index (χ2n) is 13.3. The molecule has 0 aliphatic carbocycles. The lowest BCUT2D eigenvalue weighted by molar-refractivity contribution is -0.153. The molecule has 210 valence electrons. The summed E-state index contributed by atoms with van der Waals surface area (Å²) < 4.78 is 3.84. The van der Waals surface area contributed by atoms with Gasteiger partial charge < -0.3 is 19.6 Å². The summed E-state index contributed by atoms with van der Waals surface area (Å²) in [6.45, 7) is 12.8. The number of rotatable bonds is 5. The summed E-state index contributed by atoms with van der Waals surface area (Å²) in [7, 11) is 0. The van der Waals surface area contributed by atoms with Crippen molar-refractivity contribution in [3.63, 3.8) is 0 Å². The van der Waals surface area contributed by atoms with Gasteiger partial charge in [-0.3, -0.25) is 14.4 Å². The van der Waals surface area contributed by atoms with Crippen LogP contribution in [0.25, 0.3) is 0 Å². The molecular formula is C31H40N2O5S. The molecule has 4 aliphatic heterocycles. The van der Waals surface area contributed by atoms with Crippen LogP contribution in [0.4, 0.5) is 0 Å². The number of amides is 2. The number of aliphatic hydroxyl groups excluding tert-OH is 1. The van der Waals surface area contributed by atoms with Crippen molar-refractivity contribution in [1.29, 1.82) is 0 Å². The highest BCUT2D eigenvalue weighted by Crippen LogP contribution is 2.66. The Balaban J connectivity index is 1.69. The predicted molar refractivity (Wildman–Crippen MR) is 152 cm³/mol. The maximum absolute atomic E-state index is 14.8. The SMILES string of the molecule is CC(C)(C)CC(C)(C)N1CC=C[C@]23S[C@@]4(C)C=CCOC(=O)[C@H]4[C@H]2C(=O)N([C@H](CO)c2ccccc2)C3C1=O. The van der Waals surface area contributed by atoms with Gasteiger partial charge >= 0.3 is 5.97 Å². The van der Waals surface area contributed by atoms with E-state index in [2.05, 4.69) is 34.6 Å². The van der Waals surface area contributed by atoms with Gasteiger partial charge in [0.15, 0.2) is 0 Å². The molecular weight excluding hydrogens is 512 g/mol. The summed E-state index contributed by atoms with van der Waals surface area (Å²) in [5.74, 6) is -2.39. The van der Waals surface area contributed by atoms with Crippen molar-refractivity contribution in [2.75, 3.05) is 19.8 Å². The Morgan fingerprint density at radius 3 is 2.36 bits per heavy atom. The number of likely N-dealkylation sites (tertiary alicyclic amines) is 1. The standard InChI is InChI=1S/C31H40N2O5S/c1-28(2,3)19-29(4,5)32-16-10-15-31-22(23-27(37)38-17-11-14-30(23,6)39-31)25(35)33(24(31)26(32)36)21(18-34)20-12-8-7-9-13-20/h7-15,21-24,34H,16-19H2,1-6H3/t21-,22+,23-,24?,30+,31+/m1/s1. The number of esters is 1. The summed E-state index contributed by atoms with van der Waals surface area (Å²) >= 11 is 1.52. The molecule has 2 fully saturated rings. The summed E-state index contributed by atoms with van der Waals surface area (Å²) in [4.78, 5) is 46.3. The number of hydrogen-bond acceptors (Lipinski definition) is 6. The Morgan fingerprint density at radius 2 is 1.72 bits per heavy atom. The zero-order valence-electron chi connectivity index (χ0n) is 23.7. The average molecular weight is 553 g/mol. The third kappa shape index (κ3) is 4.44. The van der Waals surface area contributed by atoms with Crippen molar-refractivity contribution >= 4 is 29.5 Å². The van der Waals surface area contributed by atoms with E-state index < -0.39 is 44.9 Å². The van der Waals surface area contributed by atoms with Crippen LogP contribution in [-0.2, 0) is 19.1 Å². The Hall–Kier alpha value is -2.58. The third-order valence-electron chi connectivity index (χ3n) is 8.64. The largest absolute Gasteiger partial charge is 0.461 e. The lowest BCUT2D eigenvalue weighted by Crippen LogP contribution is -2.59. The van der Waals surface area contributed by atoms with Crippen LogP contribution in [0, 0.1) is 17.3 Å². The number of cyclic esters (lactones) is 1. The number of ether oxygens (including phenoxy) is 1. The first-order chi connectivity index (χ1) is 18.3. The smallest absolute Gasteiger partial charge is 0.311 e. The quantitative estimate of drug-likeness (QED) is 0.437. The average Bonchev–Trinajstić information content (AvgIpc) is 3.09. The molecule has 4 heterocycles. The van der Waals surface area contributed by atoms with Crippen LogP contribution < -0.4 is 0 Å². The van der Waals surface area contributed by atoms with Gasteiger partial charge in [-0.25, -0.2) is 0 Å². The van der Waals surface area contributed by atoms with Gasteiger partial charge in [-0.15, -0.1) is 11.8 Å². The Morgan fingerprint density at radius 1 is 1.03 bits per heavy atom. The second kappa shape index (κ2) is 9.51. The molecule has 5 rings (SSSR count). The first-order valence-corrected chi connectivity index (χ1v) is 14.6. The van der Waals surface area contributed by atoms with E-state index in [0.29, 0.717) is 6.54 Å². The lowest BCUT2D eigenvalue weighted by atomic mass is 9.74. The molecule has 4 aliphatic rings. The molecule has 8 heteroatoms. The predicted octanol–water partition coefficient (Wildman–Crippen LogP) is 4.13. The van der Waals surface area contributed by atoms with Gasteiger partial charge in [-0.05, 0) is 44.2 Å². The van der Waals surface area contributed by atoms with Crippen LogP contribution in [-0.4, -0.2) is 73.5 Å². The second-order valence-corrected chi connectivity index (χ2v) is 15.1. The van der Waals surface area contributed by atoms with Crippen molar-refractivity contribution in [3.05, 3.63) is 60.2 Å². The highest BCUT2D eigenvalue weighted by atomic mass is 32.2. The minimum absolute atomic E-state index is 0.0276. The number of fused-ring (bicyclic) bond motifs is 2. The lowest BCUT2D eigenvalue weighted by Gasteiger charge is -2.45. The number of carbonyl (C=O) groups excluding carboxylic acids is 3. The molecule has 0 radical (unpaired) electrons. The van der Waals surface area contributed by atoms with Crippen molar-refractivity contribution in [1.82, 2.24) is 9.80 Å². The molecule has 0 bridgehead atoms. The van der Waals surface area contributed by atoms with Gasteiger partial charge in [-0.2, -0.15) is 0 Å². The third-order valence-corrected chi connectivity index (χ3v) is 10.4. The summed E-state index contributed by atoms with van der Waals surface area (Å²) in [6.07, 6.45) is 8.58. The van der Waals surface area contributed by atoms with E-state index in [1.165, 1.54) is 11.8 Å². The first kappa shape index (κ1) is 28.0. The number of thioether (sulfide) groups is 1. The molecule has 39 heavy (non-hydrogen) atoms. The molecule has 0 saturated carbocycles. The van der Waals surface area contributed by atoms with Crippen molar-refractivity contribution in [3.8, 4) is 0 Å². The first-order valence-electron chi connectivity index (χ1n) is 13.8. The zero-order chi connectivity index (χ0) is 28.4. The summed E-state index contributed by atoms with van der Waals surface area (Å²) in [5, 5.41) is 10.7. The molecule has 2 amide bonds. The molecule has 6 atom stereocenters. The molecule has 1 unspecified atom stereocenters. The molecule has 1 aromatic carbocycles. The molecule has 2 saturated heterocycles. The maximum atomic E-state index is 14.8. The van der Waals surface area contributed by atoms with Gasteiger partial charge in [0.25, 0.3) is 0 Å². The number of nitrogens with zero attached hydrogens (tertiary/aromatic N) is 2. The normalized spacial score (nSPS) is 33.3. The fourth-order valence-electron chi connectivity index (χ4n) is 7.60. The van der Waals surface area contributed by atoms with Crippen molar-refractivity contribution < 1.29 is 24.2 Å². The number of benzene rings is 1. The van der Waals surface area contributed by atoms with Gasteiger partial charge in [0, 0.05) is 16.8 Å². The molecule has 1 N–H and O–H groups in total. The van der Waals surface area contributed by atoms with Gasteiger partial charge in [0.1, 0.15) is 12.6 Å². The number of hydrogen-bond donors (Lipinski definition) is 1. The fraction of sp³-hybridized carbons (Fsp3) is 0.581. The van der Waals surface area contributed by atoms with Gasteiger partial charge in [0.05, 0.1) is 29.2 Å². The van der Waals surface area contributed by atoms with Crippen LogP contribution in [0.2, 0.25) is 0 Å². The van der Waals surface area contributed by atoms with E-state index in [4.69, 9.17) is 4.74 Å². The van der Waals surface area contributed by atoms with Crippen molar-refractivity contribution in [2.24, 2.45) is 17.3 Å². The van der Waals surface area contributed by atoms with Gasteiger partial charge in [-0.1, -0.05) is 69.3 Å². The van der Waals surface area contributed by atoms with Crippen LogP contribution >= 0.6 is 11.8 Å². The monoisotopic (exact) mass is 552 g/mol. The van der Waals surface area contributed by atoms with Crippen LogP contribution in [0.3, 0.4) is 0 Å². The Kier molecular flexibility index (Phi) is 6.82. The minimum atomic E-state index is -0.983. The van der Waals surface area contributed by atoms with E-state index in [0.717, 1.165) is 12.0 Å². The topological polar surface area (TPSA) is 87.2 Å². The highest BCUT2D eigenvalue weighted by Gasteiger charge is 2.75. The Labute approximate surface area is 235 Å². The molecule has 0 aromatic heterocycles. The van der Waals surface area contributed by atoms with Crippen LogP contribution in [0.5, 0.6) is 0 Å². The van der Waals surface area contributed by atoms with E-state index in [1.807, 2.05) is 66.5 Å². The molecule has 1 spiro atoms. The summed E-state index contributed by atoms with van der Waals surface area (Å²) in [5.41, 5.74) is 0.233. The maximum Gasteiger partial charge on any atom is 0.311 e. The molecule has 7 nitrogen and oxygen atoms in total. The van der Waals surface area contributed by atoms with E-state index >= 15 is 0 Å². The molecule has 1 aromatic rings. The summed E-state index contributed by atoms with van der Waals surface area (Å²) in [6, 6.07) is 7.73. The van der Waals surface area contributed by atoms with Crippen LogP contribution in [0.15, 0.2) is 54.6 Å². The van der Waals surface area contributed by atoms with E-state index in [-0.39, 0.29) is 30.4 Å². The fourth-order valence-corrected chi connectivity index (χ4v) is 9.74. The van der Waals surface area contributed by atoms with Gasteiger partial charge in [0.2, 0.25) is 11.8 Å². The zero-order valence-corrected chi connectivity index (χ0v) is 24.5. The van der Waals surface area contributed by atoms with E-state index in [1.54, 1.807) is 4.90 Å². The minimum Gasteiger partial charge on any atom is -0.461 e. The number of carbonyl (C=O) groups is 3. The van der Waals surface area contributed by atoms with E-state index in [9.17, 15) is 19.5 Å². The van der Waals surface area contributed by atoms with Crippen molar-refractivity contribution in [2.45, 2.75) is 75.1 Å². The highest BCUT2D eigenvalue weighted by molar-refractivity contribution is 8.02. The number of aliphatic hydroxyl groups is 1. The Bertz CT molecular complexity index is 1220.